The van der Waals surface area contributed by atoms with Crippen LogP contribution in [0.25, 0.3) is 0 Å². The Labute approximate surface area is 83.9 Å². The van der Waals surface area contributed by atoms with E-state index in [-0.39, 0.29) is 6.04 Å². The number of nitrogens with two attached hydrogens (primary N) is 1. The third-order valence-electron chi connectivity index (χ3n) is 2.77. The molecule has 1 aromatic rings. The van der Waals surface area contributed by atoms with E-state index in [1.165, 1.54) is 19.3 Å². The molecule has 1 aromatic heterocycles. The second-order valence-corrected chi connectivity index (χ2v) is 3.92. The Bertz CT molecular complexity index is 271. The summed E-state index contributed by atoms with van der Waals surface area (Å²) in [7, 11) is 0. The first-order valence-corrected chi connectivity index (χ1v) is 5.13. The second kappa shape index (κ2) is 4.48. The van der Waals surface area contributed by atoms with Crippen LogP contribution in [-0.2, 0) is 0 Å². The molecule has 14 heavy (non-hydrogen) atoms. The third kappa shape index (κ3) is 2.49. The Morgan fingerprint density at radius 3 is 2.93 bits per heavy atom. The van der Waals surface area contributed by atoms with Crippen molar-refractivity contribution in [1.82, 2.24) is 15.6 Å². The molecular formula is C10H16N4. The van der Waals surface area contributed by atoms with Gasteiger partial charge in [-0.25, -0.2) is 0 Å². The van der Waals surface area contributed by atoms with E-state index >= 15 is 0 Å². The van der Waals surface area contributed by atoms with Gasteiger partial charge in [0.1, 0.15) is 0 Å². The van der Waals surface area contributed by atoms with E-state index in [1.807, 2.05) is 6.07 Å². The molecule has 1 saturated carbocycles. The van der Waals surface area contributed by atoms with E-state index in [1.54, 1.807) is 12.4 Å². The van der Waals surface area contributed by atoms with Crippen molar-refractivity contribution in [3.05, 3.63) is 24.0 Å². The predicted octanol–water partition coefficient (Wildman–Crippen LogP) is 1.17. The molecule has 0 radical (unpaired) electrons. The fourth-order valence-corrected chi connectivity index (χ4v) is 1.66. The zero-order valence-corrected chi connectivity index (χ0v) is 8.19. The van der Waals surface area contributed by atoms with Crippen LogP contribution < -0.4 is 11.3 Å². The van der Waals surface area contributed by atoms with E-state index in [0.29, 0.717) is 0 Å². The van der Waals surface area contributed by atoms with Gasteiger partial charge in [0.15, 0.2) is 0 Å². The summed E-state index contributed by atoms with van der Waals surface area (Å²) >= 11 is 0. The van der Waals surface area contributed by atoms with E-state index in [4.69, 9.17) is 5.84 Å². The van der Waals surface area contributed by atoms with Gasteiger partial charge in [-0.3, -0.25) is 11.3 Å². The van der Waals surface area contributed by atoms with E-state index < -0.39 is 0 Å². The van der Waals surface area contributed by atoms with Gasteiger partial charge >= 0.3 is 0 Å². The molecule has 4 nitrogen and oxygen atoms in total. The summed E-state index contributed by atoms with van der Waals surface area (Å²) in [4.78, 5) is 0. The fraction of sp³-hybridized carbons (Fsp3) is 0.600. The lowest BCUT2D eigenvalue weighted by Gasteiger charge is -2.14. The van der Waals surface area contributed by atoms with Crippen LogP contribution in [-0.4, -0.2) is 10.2 Å². The van der Waals surface area contributed by atoms with Crippen LogP contribution in [0, 0.1) is 5.92 Å². The van der Waals surface area contributed by atoms with Crippen molar-refractivity contribution < 1.29 is 0 Å². The van der Waals surface area contributed by atoms with Gasteiger partial charge in [-0.2, -0.15) is 10.2 Å². The average Bonchev–Trinajstić information content (AvgIpc) is 3.04. The van der Waals surface area contributed by atoms with Crippen molar-refractivity contribution in [3.63, 3.8) is 0 Å². The van der Waals surface area contributed by atoms with Crippen LogP contribution in [0.4, 0.5) is 0 Å². The Morgan fingerprint density at radius 2 is 2.36 bits per heavy atom. The Kier molecular flexibility index (Phi) is 3.06. The van der Waals surface area contributed by atoms with Gasteiger partial charge in [-0.15, -0.1) is 0 Å². The van der Waals surface area contributed by atoms with Crippen molar-refractivity contribution in [2.45, 2.75) is 31.7 Å². The molecule has 1 fully saturated rings. The van der Waals surface area contributed by atoms with Crippen LogP contribution in [0.3, 0.4) is 0 Å². The molecule has 0 aromatic carbocycles. The highest BCUT2D eigenvalue weighted by atomic mass is 15.2. The van der Waals surface area contributed by atoms with Gasteiger partial charge in [-0.1, -0.05) is 12.8 Å². The van der Waals surface area contributed by atoms with Crippen LogP contribution in [0.15, 0.2) is 18.5 Å². The second-order valence-electron chi connectivity index (χ2n) is 3.92. The SMILES string of the molecule is NNC(CCC1CC1)c1ccnnc1. The molecule has 0 bridgehead atoms. The Hall–Kier alpha value is -1.00. The maximum absolute atomic E-state index is 5.51. The quantitative estimate of drug-likeness (QED) is 0.543. The number of nitrogens with zero attached hydrogens (tertiary/aromatic N) is 2. The summed E-state index contributed by atoms with van der Waals surface area (Å²) in [5, 5.41) is 7.60. The molecule has 0 aliphatic heterocycles. The highest BCUT2D eigenvalue weighted by Gasteiger charge is 2.22. The first-order chi connectivity index (χ1) is 6.90. The predicted molar refractivity (Wildman–Crippen MR) is 54.1 cm³/mol. The van der Waals surface area contributed by atoms with E-state index in [9.17, 15) is 0 Å². The van der Waals surface area contributed by atoms with Gasteiger partial charge in [0, 0.05) is 12.2 Å². The van der Waals surface area contributed by atoms with Gasteiger partial charge in [0.05, 0.1) is 6.20 Å². The molecule has 3 N–H and O–H groups in total. The minimum atomic E-state index is 0.228. The van der Waals surface area contributed by atoms with Gasteiger partial charge < -0.3 is 0 Å². The average molecular weight is 192 g/mol. The lowest BCUT2D eigenvalue weighted by atomic mass is 10.0. The maximum Gasteiger partial charge on any atom is 0.0544 e. The molecule has 1 atom stereocenters. The molecule has 76 valence electrons. The fourth-order valence-electron chi connectivity index (χ4n) is 1.66. The van der Waals surface area contributed by atoms with Gasteiger partial charge in [-0.05, 0) is 30.4 Å². The molecule has 1 aliphatic carbocycles. The summed E-state index contributed by atoms with van der Waals surface area (Å²) in [6, 6.07) is 2.19. The summed E-state index contributed by atoms with van der Waals surface area (Å²) in [6.07, 6.45) is 8.62. The number of nitrogens with one attached hydrogen (secondary N) is 1. The smallest absolute Gasteiger partial charge is 0.0544 e. The van der Waals surface area contributed by atoms with Crippen molar-refractivity contribution >= 4 is 0 Å². The van der Waals surface area contributed by atoms with Crippen LogP contribution >= 0.6 is 0 Å². The van der Waals surface area contributed by atoms with Gasteiger partial charge in [0.25, 0.3) is 0 Å². The number of hydrogen-bond acceptors (Lipinski definition) is 4. The Balaban J connectivity index is 1.90. The van der Waals surface area contributed by atoms with E-state index in [0.717, 1.165) is 17.9 Å². The van der Waals surface area contributed by atoms with Crippen LogP contribution in [0.5, 0.6) is 0 Å². The summed E-state index contributed by atoms with van der Waals surface area (Å²) in [5.41, 5.74) is 3.96. The number of hydrogen-bond donors (Lipinski definition) is 2. The molecule has 0 saturated heterocycles. The topological polar surface area (TPSA) is 63.8 Å². The molecule has 1 aliphatic rings. The molecular weight excluding hydrogens is 176 g/mol. The zero-order chi connectivity index (χ0) is 9.80. The summed E-state index contributed by atoms with van der Waals surface area (Å²) in [6.45, 7) is 0. The lowest BCUT2D eigenvalue weighted by molar-refractivity contribution is 0.480. The van der Waals surface area contributed by atoms with Crippen molar-refractivity contribution in [2.75, 3.05) is 0 Å². The highest BCUT2D eigenvalue weighted by Crippen LogP contribution is 2.35. The van der Waals surface area contributed by atoms with Crippen LogP contribution in [0.1, 0.15) is 37.3 Å². The van der Waals surface area contributed by atoms with Crippen molar-refractivity contribution in [3.8, 4) is 0 Å². The normalized spacial score (nSPS) is 18.1. The Morgan fingerprint density at radius 1 is 1.50 bits per heavy atom. The molecule has 1 heterocycles. The molecule has 0 amide bonds. The highest BCUT2D eigenvalue weighted by molar-refractivity contribution is 5.11. The minimum Gasteiger partial charge on any atom is -0.271 e. The van der Waals surface area contributed by atoms with Crippen LogP contribution in [0.2, 0.25) is 0 Å². The number of rotatable bonds is 5. The standard InChI is InChI=1S/C10H16N4/c11-14-10(4-3-8-1-2-8)9-5-6-12-13-7-9/h5-8,10,14H,1-4,11H2. The van der Waals surface area contributed by atoms with Crippen molar-refractivity contribution in [2.24, 2.45) is 11.8 Å². The zero-order valence-electron chi connectivity index (χ0n) is 8.19. The number of aromatic nitrogens is 2. The maximum atomic E-state index is 5.51. The minimum absolute atomic E-state index is 0.228. The number of hydrazine groups is 1. The first kappa shape index (κ1) is 9.55. The third-order valence-corrected chi connectivity index (χ3v) is 2.77. The lowest BCUT2D eigenvalue weighted by Crippen LogP contribution is -2.28. The summed E-state index contributed by atoms with van der Waals surface area (Å²) in [5.74, 6) is 6.46. The molecule has 0 spiro atoms. The van der Waals surface area contributed by atoms with Gasteiger partial charge in [0.2, 0.25) is 0 Å². The molecule has 4 heteroatoms. The van der Waals surface area contributed by atoms with E-state index in [2.05, 4.69) is 15.6 Å². The molecule has 1 unspecified atom stereocenters. The monoisotopic (exact) mass is 192 g/mol. The largest absolute Gasteiger partial charge is 0.271 e. The summed E-state index contributed by atoms with van der Waals surface area (Å²) < 4.78 is 0. The first-order valence-electron chi connectivity index (χ1n) is 5.13. The molecule has 2 rings (SSSR count). The van der Waals surface area contributed by atoms with Crippen molar-refractivity contribution in [1.29, 1.82) is 0 Å².